The minimum Gasteiger partial charge on any atom is -0.707 e. The second kappa shape index (κ2) is 26.0. The fourth-order valence-electron chi connectivity index (χ4n) is 0. The molecule has 0 bridgehead atoms. The van der Waals surface area contributed by atoms with Crippen LogP contribution in [0.15, 0.2) is 4.74 Å². The number of hydrogen-bond acceptors (Lipinski definition) is 2. The van der Waals surface area contributed by atoms with Crippen molar-refractivity contribution in [1.29, 1.82) is 0 Å². The van der Waals surface area contributed by atoms with E-state index in [-0.39, 0.29) is 18.6 Å². The third kappa shape index (κ3) is 36.7. The van der Waals surface area contributed by atoms with Crippen LogP contribution in [0.5, 0.6) is 0 Å². The summed E-state index contributed by atoms with van der Waals surface area (Å²) in [4.78, 5) is 0. The van der Waals surface area contributed by atoms with Gasteiger partial charge in [-0.1, -0.05) is 6.66 Å². The van der Waals surface area contributed by atoms with E-state index in [1.54, 1.807) is 7.05 Å². The molecular weight excluding hydrogens is 183 g/mol. The summed E-state index contributed by atoms with van der Waals surface area (Å²) in [6.45, 7) is 1.92. The summed E-state index contributed by atoms with van der Waals surface area (Å²) in [7, 11) is 4.81. The zero-order valence-electron chi connectivity index (χ0n) is 4.33. The van der Waals surface area contributed by atoms with Crippen LogP contribution >= 0.6 is 16.8 Å². The summed E-state index contributed by atoms with van der Waals surface area (Å²) in [5.41, 5.74) is 0. The Morgan fingerprint density at radius 2 is 1.71 bits per heavy atom. The maximum absolute atomic E-state index is 4.36. The van der Waals surface area contributed by atoms with Crippen LogP contribution in [0.1, 0.15) is 0 Å². The molecule has 0 aliphatic heterocycles. The van der Waals surface area contributed by atoms with Gasteiger partial charge in [-0.15, -0.1) is 9.24 Å². The van der Waals surface area contributed by atoms with Crippen molar-refractivity contribution in [3.8, 4) is 0 Å². The molecule has 5 heteroatoms. The third-order valence-corrected chi connectivity index (χ3v) is 0.735. The standard InChI is InChI=1S/CH3NPS.CH5P.V/c1-2-3-4;1-2;/h1H3;2H2,1H3;/q-1;;. The Kier molecular flexibility index (Phi) is 58.6. The van der Waals surface area contributed by atoms with E-state index in [1.807, 2.05) is 6.66 Å². The zero-order valence-corrected chi connectivity index (χ0v) is 8.59. The molecule has 1 unspecified atom stereocenters. The van der Waals surface area contributed by atoms with Gasteiger partial charge >= 0.3 is 0 Å². The van der Waals surface area contributed by atoms with Gasteiger partial charge < -0.3 is 12.2 Å². The summed E-state index contributed by atoms with van der Waals surface area (Å²) < 4.78 is 3.52. The maximum Gasteiger partial charge on any atom is 0.0297 e. The smallest absolute Gasteiger partial charge is 0.0297 e. The Hall–Kier alpha value is 1.46. The van der Waals surface area contributed by atoms with Gasteiger partial charge in [-0.2, -0.15) is 7.57 Å². The molecule has 0 aromatic carbocycles. The van der Waals surface area contributed by atoms with Gasteiger partial charge in [0.1, 0.15) is 0 Å². The molecule has 0 aliphatic rings. The fourth-order valence-corrected chi connectivity index (χ4v) is 0. The Morgan fingerprint density at radius 3 is 1.71 bits per heavy atom. The predicted molar refractivity (Wildman–Crippen MR) is 38.3 cm³/mol. The van der Waals surface area contributed by atoms with E-state index in [2.05, 4.69) is 26.2 Å². The monoisotopic (exact) mass is 191 g/mol. The molecule has 43 valence electrons. The SMILES string of the molecule is CN=P[S-].CP.[V]. The van der Waals surface area contributed by atoms with Crippen LogP contribution in [0.4, 0.5) is 0 Å². The Bertz CT molecular complexity index is 30.9. The summed E-state index contributed by atoms with van der Waals surface area (Å²) in [5.74, 6) is 0. The van der Waals surface area contributed by atoms with Crippen molar-refractivity contribution in [2.75, 3.05) is 13.7 Å². The van der Waals surface area contributed by atoms with Crippen LogP contribution in [-0.4, -0.2) is 13.7 Å². The molecule has 0 heterocycles. The van der Waals surface area contributed by atoms with Gasteiger partial charge in [0.05, 0.1) is 0 Å². The van der Waals surface area contributed by atoms with E-state index in [0.717, 1.165) is 0 Å². The Morgan fingerprint density at radius 1 is 1.57 bits per heavy atom. The Labute approximate surface area is 66.2 Å². The molecule has 0 saturated heterocycles. The van der Waals surface area contributed by atoms with Gasteiger partial charge in [-0.25, -0.2) is 0 Å². The molecule has 0 aromatic rings. The molecule has 1 radical (unpaired) electrons. The fraction of sp³-hybridized carbons (Fsp3) is 1.00. The minimum atomic E-state index is 0. The molecule has 0 aliphatic carbocycles. The van der Waals surface area contributed by atoms with E-state index in [1.165, 1.54) is 0 Å². The van der Waals surface area contributed by atoms with Gasteiger partial charge in [0, 0.05) is 25.6 Å². The topological polar surface area (TPSA) is 12.4 Å². The number of hydrogen-bond donors (Lipinski definition) is 0. The predicted octanol–water partition coefficient (Wildman–Crippen LogP) is 1.70. The van der Waals surface area contributed by atoms with Crippen molar-refractivity contribution >= 4 is 29.1 Å². The van der Waals surface area contributed by atoms with Crippen molar-refractivity contribution < 1.29 is 18.6 Å². The molecule has 0 saturated carbocycles. The molecule has 7 heavy (non-hydrogen) atoms. The van der Waals surface area contributed by atoms with Crippen molar-refractivity contribution in [2.45, 2.75) is 0 Å². The molecule has 0 aromatic heterocycles. The summed E-state index contributed by atoms with van der Waals surface area (Å²) in [6.07, 6.45) is 0. The van der Waals surface area contributed by atoms with E-state index in [4.69, 9.17) is 0 Å². The number of nitrogens with zero attached hydrogens (tertiary/aromatic N) is 1. The molecule has 0 amide bonds. The van der Waals surface area contributed by atoms with Gasteiger partial charge in [0.25, 0.3) is 0 Å². The quantitative estimate of drug-likeness (QED) is 0.419. The van der Waals surface area contributed by atoms with Gasteiger partial charge in [-0.3, -0.25) is 4.74 Å². The van der Waals surface area contributed by atoms with Crippen LogP contribution in [0.2, 0.25) is 0 Å². The first-order valence-corrected chi connectivity index (χ1v) is 4.42. The van der Waals surface area contributed by atoms with Crippen LogP contribution < -0.4 is 0 Å². The van der Waals surface area contributed by atoms with Crippen molar-refractivity contribution in [1.82, 2.24) is 0 Å². The molecule has 0 spiro atoms. The van der Waals surface area contributed by atoms with Crippen molar-refractivity contribution in [3.63, 3.8) is 0 Å². The first kappa shape index (κ1) is 15.8. The van der Waals surface area contributed by atoms with Crippen LogP contribution in [0.25, 0.3) is 0 Å². The summed E-state index contributed by atoms with van der Waals surface area (Å²) >= 11 is 4.36. The van der Waals surface area contributed by atoms with Gasteiger partial charge in [-0.05, 0) is 0 Å². The number of rotatable bonds is 0. The molecule has 0 N–H and O–H groups in total. The van der Waals surface area contributed by atoms with Crippen molar-refractivity contribution in [2.24, 2.45) is 4.74 Å². The second-order valence-corrected chi connectivity index (χ2v) is 1.33. The van der Waals surface area contributed by atoms with Crippen LogP contribution in [0, 0.1) is 0 Å². The van der Waals surface area contributed by atoms with E-state index < -0.39 is 0 Å². The normalized spacial score (nSPS) is 6.29. The molecule has 0 rings (SSSR count). The molecular formula is C2H8NP2SV-. The van der Waals surface area contributed by atoms with E-state index >= 15 is 0 Å². The van der Waals surface area contributed by atoms with Crippen molar-refractivity contribution in [3.05, 3.63) is 0 Å². The minimum absolute atomic E-state index is 0. The van der Waals surface area contributed by atoms with Crippen LogP contribution in [-0.2, 0) is 30.8 Å². The second-order valence-electron chi connectivity index (χ2n) is 0.282. The Balaban J connectivity index is -0.0000000480. The third-order valence-electron chi connectivity index (χ3n) is 0.0816. The first-order chi connectivity index (χ1) is 2.91. The average Bonchev–Trinajstić information content (AvgIpc) is 1.72. The molecule has 0 fully saturated rings. The first-order valence-electron chi connectivity index (χ1n) is 1.41. The van der Waals surface area contributed by atoms with Crippen LogP contribution in [0.3, 0.4) is 0 Å². The molecule has 1 atom stereocenters. The zero-order chi connectivity index (χ0) is 5.41. The molecule has 1 nitrogen and oxygen atoms in total. The summed E-state index contributed by atoms with van der Waals surface area (Å²) in [6, 6.07) is 0. The van der Waals surface area contributed by atoms with Gasteiger partial charge in [0.2, 0.25) is 0 Å². The average molecular weight is 191 g/mol. The van der Waals surface area contributed by atoms with E-state index in [9.17, 15) is 0 Å². The largest absolute Gasteiger partial charge is 0.707 e. The van der Waals surface area contributed by atoms with Gasteiger partial charge in [0.15, 0.2) is 0 Å². The summed E-state index contributed by atoms with van der Waals surface area (Å²) in [5, 5.41) is 0. The maximum atomic E-state index is 4.36. The van der Waals surface area contributed by atoms with E-state index in [0.29, 0.717) is 7.57 Å².